The highest BCUT2D eigenvalue weighted by atomic mass is 32.1. The Bertz CT molecular complexity index is 1310. The van der Waals surface area contributed by atoms with Gasteiger partial charge in [-0.1, -0.05) is 0 Å². The third-order valence-corrected chi connectivity index (χ3v) is 5.87. The summed E-state index contributed by atoms with van der Waals surface area (Å²) in [5.41, 5.74) is 12.6. The predicted molar refractivity (Wildman–Crippen MR) is 114 cm³/mol. The normalized spacial score (nSPS) is 10.8. The Balaban J connectivity index is 0.000000913. The molecule has 0 bridgehead atoms. The zero-order chi connectivity index (χ0) is 23.6. The third kappa shape index (κ3) is 3.90. The molecule has 4 aromatic rings. The number of pyridine rings is 1. The molecule has 6 N–H and O–H groups in total. The summed E-state index contributed by atoms with van der Waals surface area (Å²) < 4.78 is 3.37. The molecule has 0 saturated carbocycles. The lowest BCUT2D eigenvalue weighted by Crippen LogP contribution is -2.47. The second-order valence-corrected chi connectivity index (χ2v) is 7.74. The highest BCUT2D eigenvalue weighted by molar-refractivity contribution is 7.15. The lowest BCUT2D eigenvalue weighted by atomic mass is 10.1. The van der Waals surface area contributed by atoms with Gasteiger partial charge in [0.2, 0.25) is 0 Å². The van der Waals surface area contributed by atoms with Crippen LogP contribution in [0.15, 0.2) is 12.3 Å². The van der Waals surface area contributed by atoms with Crippen LogP contribution in [0.3, 0.4) is 0 Å². The molecule has 0 aliphatic rings. The summed E-state index contributed by atoms with van der Waals surface area (Å²) >= 11 is 1.42. The smallest absolute Gasteiger partial charge is 0.267 e. The maximum absolute atomic E-state index is 11.8. The molecule has 4 aromatic heterocycles. The van der Waals surface area contributed by atoms with Gasteiger partial charge in [0, 0.05) is 25.5 Å². The Labute approximate surface area is 186 Å². The number of amides is 1. The maximum Gasteiger partial charge on any atom is 0.267 e. The quantitative estimate of drug-likeness (QED) is 0.323. The van der Waals surface area contributed by atoms with E-state index in [-0.39, 0.29) is 11.4 Å². The number of thiazole rings is 1. The molecule has 0 aliphatic carbocycles. The van der Waals surface area contributed by atoms with E-state index in [4.69, 9.17) is 20.6 Å². The lowest BCUT2D eigenvalue weighted by Gasteiger charge is -2.05. The number of fused-ring (bicyclic) bond motifs is 1. The van der Waals surface area contributed by atoms with Crippen LogP contribution in [0, 0.1) is 6.92 Å². The van der Waals surface area contributed by atoms with E-state index in [0.717, 1.165) is 15.8 Å². The molecule has 0 saturated heterocycles. The largest absolute Gasteiger partial charge is 0.554 e. The summed E-state index contributed by atoms with van der Waals surface area (Å²) in [4.78, 5) is 30.2. The highest BCUT2D eigenvalue weighted by Crippen LogP contribution is 2.39. The Morgan fingerprint density at radius 2 is 2.06 bits per heavy atom. The minimum absolute atomic E-state index is 0.105. The van der Waals surface area contributed by atoms with Gasteiger partial charge in [-0.15, -0.1) is 11.3 Å². The van der Waals surface area contributed by atoms with Crippen LogP contribution in [-0.4, -0.2) is 47.0 Å². The van der Waals surface area contributed by atoms with Crippen molar-refractivity contribution < 1.29 is 25.5 Å². The number of carboxylic acid groups (broad SMARTS) is 1. The van der Waals surface area contributed by atoms with Crippen molar-refractivity contribution in [3.8, 4) is 27.8 Å². The summed E-state index contributed by atoms with van der Waals surface area (Å²) in [5.74, 6) is -0.522. The second kappa shape index (κ2) is 9.11. The number of aryl methyl sites for hydroxylation is 3. The average molecular weight is 459 g/mol. The molecule has 168 valence electrons. The number of nitrogens with two attached hydrogens (primary N) is 1. The number of nitrogens with zero attached hydrogens (tertiary/aromatic N) is 6. The number of carbonyl (C=O) groups is 2. The van der Waals surface area contributed by atoms with Gasteiger partial charge in [-0.25, -0.2) is 9.97 Å². The van der Waals surface area contributed by atoms with E-state index in [1.54, 1.807) is 35.6 Å². The molecule has 0 fully saturated rings. The SMILES string of the molecule is CCn1nc(C)c(O)c1-c1nc(-c2nc(C(N)=O)cc3c2cnn3C)c(C[NH3+])s1.O=C[O-]. The summed E-state index contributed by atoms with van der Waals surface area (Å²) in [6.07, 6.45) is 1.69. The molecule has 4 heterocycles. The molecule has 0 aromatic carbocycles. The van der Waals surface area contributed by atoms with Crippen molar-refractivity contribution >= 4 is 34.6 Å². The Kier molecular flexibility index (Phi) is 6.50. The molecule has 0 radical (unpaired) electrons. The standard InChI is InChI=1S/C18H20N8O2S.CH2O2/c1-4-26-15(16(27)8(2)24-26)18-23-14(12(6-19)29-18)13-9-7-21-25(3)11(9)5-10(22-13)17(20)28;2-1-3/h5,7,27H,4,6,19H2,1-3H3,(H2,20,28);1H,(H,2,3). The van der Waals surface area contributed by atoms with E-state index >= 15 is 0 Å². The van der Waals surface area contributed by atoms with Gasteiger partial charge in [0.15, 0.2) is 5.75 Å². The first-order valence-electron chi connectivity index (χ1n) is 9.51. The topological polar surface area (TPSA) is 193 Å². The lowest BCUT2D eigenvalue weighted by molar-refractivity contribution is -0.385. The van der Waals surface area contributed by atoms with Crippen LogP contribution >= 0.6 is 11.3 Å². The van der Waals surface area contributed by atoms with Gasteiger partial charge in [-0.05, 0) is 19.9 Å². The van der Waals surface area contributed by atoms with E-state index in [9.17, 15) is 9.90 Å². The van der Waals surface area contributed by atoms with Crippen molar-refractivity contribution in [1.82, 2.24) is 29.5 Å². The van der Waals surface area contributed by atoms with Crippen LogP contribution in [0.5, 0.6) is 5.75 Å². The van der Waals surface area contributed by atoms with Crippen molar-refractivity contribution in [2.24, 2.45) is 12.8 Å². The molecule has 32 heavy (non-hydrogen) atoms. The van der Waals surface area contributed by atoms with Gasteiger partial charge in [0.1, 0.15) is 40.0 Å². The number of quaternary nitrogens is 1. The molecule has 0 spiro atoms. The van der Waals surface area contributed by atoms with Crippen LogP contribution in [0.2, 0.25) is 0 Å². The first-order chi connectivity index (χ1) is 15.3. The predicted octanol–water partition coefficient (Wildman–Crippen LogP) is -0.804. The molecule has 4 rings (SSSR count). The molecule has 1 amide bonds. The summed E-state index contributed by atoms with van der Waals surface area (Å²) in [5, 5.41) is 28.8. The summed E-state index contributed by atoms with van der Waals surface area (Å²) in [6.45, 7) is 4.26. The molecule has 0 aliphatic heterocycles. The fourth-order valence-corrected chi connectivity index (χ4v) is 4.28. The Hall–Kier alpha value is -3.84. The highest BCUT2D eigenvalue weighted by Gasteiger charge is 2.25. The summed E-state index contributed by atoms with van der Waals surface area (Å²) in [6, 6.07) is 1.62. The first-order valence-corrected chi connectivity index (χ1v) is 10.3. The average Bonchev–Trinajstić information content (AvgIpc) is 3.44. The van der Waals surface area contributed by atoms with Gasteiger partial charge in [0.05, 0.1) is 16.6 Å². The van der Waals surface area contributed by atoms with Gasteiger partial charge in [-0.2, -0.15) is 10.2 Å². The van der Waals surface area contributed by atoms with Crippen LogP contribution < -0.4 is 16.6 Å². The van der Waals surface area contributed by atoms with E-state index in [2.05, 4.69) is 20.9 Å². The van der Waals surface area contributed by atoms with Crippen molar-refractivity contribution in [3.63, 3.8) is 0 Å². The van der Waals surface area contributed by atoms with Gasteiger partial charge >= 0.3 is 0 Å². The number of hydrogen-bond acceptors (Lipinski definition) is 9. The van der Waals surface area contributed by atoms with Gasteiger partial charge < -0.3 is 26.5 Å². The van der Waals surface area contributed by atoms with Crippen LogP contribution in [0.4, 0.5) is 0 Å². The number of aromatic hydroxyl groups is 1. The molecular weight excluding hydrogens is 436 g/mol. The molecular formula is C19H22N8O4S. The maximum atomic E-state index is 11.8. The van der Waals surface area contributed by atoms with Crippen LogP contribution in [-0.2, 0) is 24.9 Å². The monoisotopic (exact) mass is 458 g/mol. The van der Waals surface area contributed by atoms with Gasteiger partial charge in [-0.3, -0.25) is 14.2 Å². The fourth-order valence-electron chi connectivity index (χ4n) is 3.27. The van der Waals surface area contributed by atoms with Crippen molar-refractivity contribution in [2.75, 3.05) is 0 Å². The molecule has 0 unspecified atom stereocenters. The first kappa shape index (κ1) is 22.8. The zero-order valence-electron chi connectivity index (χ0n) is 17.7. The molecule has 13 heteroatoms. The number of hydrogen-bond donors (Lipinski definition) is 3. The number of aromatic nitrogens is 6. The minimum atomic E-state index is -0.627. The van der Waals surface area contributed by atoms with Crippen LogP contribution in [0.1, 0.15) is 28.0 Å². The third-order valence-electron chi connectivity index (χ3n) is 4.74. The van der Waals surface area contributed by atoms with Crippen molar-refractivity contribution in [2.45, 2.75) is 26.9 Å². The van der Waals surface area contributed by atoms with E-state index in [1.807, 2.05) is 6.92 Å². The van der Waals surface area contributed by atoms with Crippen LogP contribution in [0.25, 0.3) is 33.0 Å². The van der Waals surface area contributed by atoms with Gasteiger partial charge in [0.25, 0.3) is 5.91 Å². The minimum Gasteiger partial charge on any atom is -0.554 e. The summed E-state index contributed by atoms with van der Waals surface area (Å²) in [7, 11) is 1.78. The number of rotatable bonds is 5. The van der Waals surface area contributed by atoms with Crippen molar-refractivity contribution in [3.05, 3.63) is 28.5 Å². The Morgan fingerprint density at radius 1 is 1.38 bits per heavy atom. The van der Waals surface area contributed by atoms with E-state index < -0.39 is 12.4 Å². The van der Waals surface area contributed by atoms with E-state index in [1.165, 1.54) is 11.3 Å². The fraction of sp³-hybridized carbons (Fsp3) is 0.263. The Morgan fingerprint density at radius 3 is 2.66 bits per heavy atom. The van der Waals surface area contributed by atoms with E-state index in [0.29, 0.717) is 40.9 Å². The van der Waals surface area contributed by atoms with Crippen molar-refractivity contribution in [1.29, 1.82) is 0 Å². The number of carbonyl (C=O) groups excluding carboxylic acids is 2. The molecule has 12 nitrogen and oxygen atoms in total. The number of primary amides is 1. The molecule has 0 atom stereocenters. The zero-order valence-corrected chi connectivity index (χ0v) is 18.5. The second-order valence-electron chi connectivity index (χ2n) is 6.66.